The Morgan fingerprint density at radius 2 is 1.90 bits per heavy atom. The van der Waals surface area contributed by atoms with Gasteiger partial charge >= 0.3 is 0 Å². The van der Waals surface area contributed by atoms with Gasteiger partial charge in [0.25, 0.3) is 5.69 Å². The molecule has 1 heterocycles. The minimum Gasteiger partial charge on any atom is -0.436 e. The summed E-state index contributed by atoms with van der Waals surface area (Å²) >= 11 is 15.2. The lowest BCUT2D eigenvalue weighted by Crippen LogP contribution is -1.93. The van der Waals surface area contributed by atoms with Gasteiger partial charge in [-0.3, -0.25) is 10.1 Å². The lowest BCUT2D eigenvalue weighted by atomic mass is 10.3. The quantitative estimate of drug-likeness (QED) is 0.547. The molecule has 0 aliphatic heterocycles. The van der Waals surface area contributed by atoms with Gasteiger partial charge in [0.15, 0.2) is 5.75 Å². The van der Waals surface area contributed by atoms with Crippen molar-refractivity contribution in [2.75, 3.05) is 0 Å². The molecule has 0 atom stereocenters. The van der Waals surface area contributed by atoms with Crippen molar-refractivity contribution in [3.63, 3.8) is 0 Å². The van der Waals surface area contributed by atoms with Crippen molar-refractivity contribution in [3.05, 3.63) is 54.6 Å². The van der Waals surface area contributed by atoms with Crippen LogP contribution < -0.4 is 4.74 Å². The lowest BCUT2D eigenvalue weighted by Gasteiger charge is -2.09. The average molecular weight is 378 g/mol. The van der Waals surface area contributed by atoms with E-state index in [1.807, 2.05) is 6.92 Å². The largest absolute Gasteiger partial charge is 0.436 e. The third-order valence-corrected chi connectivity index (χ3v) is 3.81. The molecule has 0 radical (unpaired) electrons. The van der Waals surface area contributed by atoms with E-state index in [-0.39, 0.29) is 21.5 Å². The van der Waals surface area contributed by atoms with Gasteiger partial charge in [-0.1, -0.05) is 23.2 Å². The highest BCUT2D eigenvalue weighted by molar-refractivity contribution is 9.10. The number of non-ortho nitro benzene ring substituents is 1. The van der Waals surface area contributed by atoms with Gasteiger partial charge in [0.1, 0.15) is 0 Å². The summed E-state index contributed by atoms with van der Waals surface area (Å²) in [6.45, 7) is 1.87. The van der Waals surface area contributed by atoms with E-state index >= 15 is 0 Å². The Morgan fingerprint density at radius 1 is 1.30 bits per heavy atom. The lowest BCUT2D eigenvalue weighted by molar-refractivity contribution is -0.384. The first-order valence-electron chi connectivity index (χ1n) is 5.32. The molecule has 0 N–H and O–H groups in total. The van der Waals surface area contributed by atoms with Gasteiger partial charge in [0.2, 0.25) is 5.88 Å². The van der Waals surface area contributed by atoms with Crippen molar-refractivity contribution in [1.29, 1.82) is 0 Å². The van der Waals surface area contributed by atoms with Crippen LogP contribution in [0.3, 0.4) is 0 Å². The zero-order chi connectivity index (χ0) is 14.9. The SMILES string of the molecule is Cc1cc(Oc2c(Cl)cc([N+](=O)[O-])cc2Cl)ncc1Br. The van der Waals surface area contributed by atoms with Crippen LogP contribution in [0.25, 0.3) is 0 Å². The van der Waals surface area contributed by atoms with Crippen LogP contribution in [0.15, 0.2) is 28.9 Å². The fourth-order valence-corrected chi connectivity index (χ4v) is 2.19. The Bertz CT molecular complexity index is 671. The van der Waals surface area contributed by atoms with Crippen molar-refractivity contribution in [3.8, 4) is 11.6 Å². The maximum Gasteiger partial charge on any atom is 0.272 e. The molecule has 0 bridgehead atoms. The molecule has 0 unspecified atom stereocenters. The molecule has 1 aromatic heterocycles. The van der Waals surface area contributed by atoms with Crippen LogP contribution in [0.4, 0.5) is 5.69 Å². The molecule has 5 nitrogen and oxygen atoms in total. The van der Waals surface area contributed by atoms with Crippen LogP contribution in [-0.2, 0) is 0 Å². The maximum atomic E-state index is 10.7. The highest BCUT2D eigenvalue weighted by Gasteiger charge is 2.17. The molecule has 0 amide bonds. The number of hydrogen-bond donors (Lipinski definition) is 0. The third-order valence-electron chi connectivity index (χ3n) is 2.42. The molecule has 8 heteroatoms. The number of nitro benzene ring substituents is 1. The standard InChI is InChI=1S/C12H7BrCl2N2O3/c1-6-2-11(16-5-8(6)13)20-12-9(14)3-7(17(18)19)4-10(12)15/h2-5H,1H3. The molecule has 1 aromatic carbocycles. The Labute approximate surface area is 132 Å². The summed E-state index contributed by atoms with van der Waals surface area (Å²) in [6.07, 6.45) is 1.58. The molecule has 0 saturated carbocycles. The molecule has 20 heavy (non-hydrogen) atoms. The summed E-state index contributed by atoms with van der Waals surface area (Å²) in [5.74, 6) is 0.427. The number of rotatable bonds is 3. The summed E-state index contributed by atoms with van der Waals surface area (Å²) in [7, 11) is 0. The molecule has 0 aliphatic rings. The summed E-state index contributed by atoms with van der Waals surface area (Å²) in [4.78, 5) is 14.2. The van der Waals surface area contributed by atoms with Crippen LogP contribution in [0.5, 0.6) is 11.6 Å². The van der Waals surface area contributed by atoms with Crippen LogP contribution in [0, 0.1) is 17.0 Å². The first-order valence-corrected chi connectivity index (χ1v) is 6.87. The number of pyridine rings is 1. The number of benzene rings is 1. The predicted molar refractivity (Wildman–Crippen MR) is 79.9 cm³/mol. The smallest absolute Gasteiger partial charge is 0.272 e. The van der Waals surface area contributed by atoms with E-state index in [0.717, 1.165) is 10.0 Å². The van der Waals surface area contributed by atoms with Crippen molar-refractivity contribution >= 4 is 44.8 Å². The normalized spacial score (nSPS) is 10.4. The van der Waals surface area contributed by atoms with E-state index in [9.17, 15) is 10.1 Å². The number of aryl methyl sites for hydroxylation is 1. The van der Waals surface area contributed by atoms with Gasteiger partial charge in [-0.05, 0) is 28.4 Å². The first-order chi connectivity index (χ1) is 9.38. The van der Waals surface area contributed by atoms with E-state index in [1.54, 1.807) is 12.3 Å². The highest BCUT2D eigenvalue weighted by Crippen LogP contribution is 2.39. The molecule has 0 spiro atoms. The number of hydrogen-bond acceptors (Lipinski definition) is 4. The van der Waals surface area contributed by atoms with Gasteiger partial charge < -0.3 is 4.74 Å². The topological polar surface area (TPSA) is 65.3 Å². The van der Waals surface area contributed by atoms with Crippen molar-refractivity contribution in [2.24, 2.45) is 0 Å². The second kappa shape index (κ2) is 5.95. The first kappa shape index (κ1) is 15.0. The zero-order valence-electron chi connectivity index (χ0n) is 10.1. The summed E-state index contributed by atoms with van der Waals surface area (Å²) in [5.41, 5.74) is 0.719. The van der Waals surface area contributed by atoms with E-state index in [1.165, 1.54) is 12.1 Å². The molecule has 0 saturated heterocycles. The van der Waals surface area contributed by atoms with E-state index < -0.39 is 4.92 Å². The number of nitro groups is 1. The summed E-state index contributed by atoms with van der Waals surface area (Å²) < 4.78 is 6.33. The average Bonchev–Trinajstić information content (AvgIpc) is 2.37. The number of ether oxygens (including phenoxy) is 1. The molecular formula is C12H7BrCl2N2O3. The van der Waals surface area contributed by atoms with Gasteiger partial charge in [0.05, 0.1) is 15.0 Å². The van der Waals surface area contributed by atoms with Crippen LogP contribution >= 0.6 is 39.1 Å². The van der Waals surface area contributed by atoms with Crippen molar-refractivity contribution in [2.45, 2.75) is 6.92 Å². The Morgan fingerprint density at radius 3 is 2.40 bits per heavy atom. The Hall–Kier alpha value is -1.37. The minimum atomic E-state index is -0.580. The van der Waals surface area contributed by atoms with Gasteiger partial charge in [-0.25, -0.2) is 4.98 Å². The number of nitrogens with zero attached hydrogens (tertiary/aromatic N) is 2. The Kier molecular flexibility index (Phi) is 4.47. The van der Waals surface area contributed by atoms with E-state index in [4.69, 9.17) is 27.9 Å². The molecule has 2 aromatic rings. The minimum absolute atomic E-state index is 0.0478. The van der Waals surface area contributed by atoms with E-state index in [2.05, 4.69) is 20.9 Å². The second-order valence-corrected chi connectivity index (χ2v) is 5.54. The fraction of sp³-hybridized carbons (Fsp3) is 0.0833. The summed E-state index contributed by atoms with van der Waals surface area (Å²) in [6, 6.07) is 4.04. The maximum absolute atomic E-state index is 10.7. The van der Waals surface area contributed by atoms with Gasteiger partial charge in [-0.2, -0.15) is 0 Å². The molecular weight excluding hydrogens is 371 g/mol. The Balaban J connectivity index is 2.38. The van der Waals surface area contributed by atoms with Crippen LogP contribution in [-0.4, -0.2) is 9.91 Å². The zero-order valence-corrected chi connectivity index (χ0v) is 13.2. The molecule has 0 fully saturated rings. The van der Waals surface area contributed by atoms with Crippen molar-refractivity contribution in [1.82, 2.24) is 4.98 Å². The molecule has 2 rings (SSSR count). The van der Waals surface area contributed by atoms with Gasteiger partial charge in [0, 0.05) is 28.9 Å². The summed E-state index contributed by atoms with van der Waals surface area (Å²) in [5, 5.41) is 10.8. The van der Waals surface area contributed by atoms with Gasteiger partial charge in [-0.15, -0.1) is 0 Å². The predicted octanol–water partition coefficient (Wildman–Crippen LogP) is 5.16. The number of halogens is 3. The van der Waals surface area contributed by atoms with E-state index in [0.29, 0.717) is 5.88 Å². The molecule has 0 aliphatic carbocycles. The third kappa shape index (κ3) is 3.20. The van der Waals surface area contributed by atoms with Crippen LogP contribution in [0.1, 0.15) is 5.56 Å². The number of aromatic nitrogens is 1. The monoisotopic (exact) mass is 376 g/mol. The van der Waals surface area contributed by atoms with Crippen molar-refractivity contribution < 1.29 is 9.66 Å². The fourth-order valence-electron chi connectivity index (χ4n) is 1.42. The van der Waals surface area contributed by atoms with Crippen LogP contribution in [0.2, 0.25) is 10.0 Å². The second-order valence-electron chi connectivity index (χ2n) is 3.87. The highest BCUT2D eigenvalue weighted by atomic mass is 79.9. The molecule has 104 valence electrons.